The van der Waals surface area contributed by atoms with E-state index in [9.17, 15) is 0 Å². The Labute approximate surface area is 86.9 Å². The quantitative estimate of drug-likeness (QED) is 0.600. The molecule has 1 heteroatoms. The van der Waals surface area contributed by atoms with Crippen LogP contribution < -0.4 is 0 Å². The van der Waals surface area contributed by atoms with E-state index in [4.69, 9.17) is 0 Å². The average molecular weight is 189 g/mol. The summed E-state index contributed by atoms with van der Waals surface area (Å²) < 4.78 is 0. The van der Waals surface area contributed by atoms with Crippen LogP contribution >= 0.6 is 0 Å². The van der Waals surface area contributed by atoms with E-state index in [0.29, 0.717) is 0 Å². The lowest BCUT2D eigenvalue weighted by Gasteiger charge is -2.12. The highest BCUT2D eigenvalue weighted by molar-refractivity contribution is 6.01. The largest absolute Gasteiger partial charge is 0.285 e. The summed E-state index contributed by atoms with van der Waals surface area (Å²) in [6.45, 7) is 7.22. The summed E-state index contributed by atoms with van der Waals surface area (Å²) >= 11 is 0. The van der Waals surface area contributed by atoms with Gasteiger partial charge in [0, 0.05) is 5.71 Å². The second-order valence-electron chi connectivity index (χ2n) is 3.52. The number of dihydropyridines is 1. The minimum Gasteiger partial charge on any atom is -0.285 e. The predicted octanol–water partition coefficient (Wildman–Crippen LogP) is 3.69. The topological polar surface area (TPSA) is 12.4 Å². The molecule has 1 nitrogen and oxygen atoms in total. The zero-order valence-electron chi connectivity index (χ0n) is 9.38. The van der Waals surface area contributed by atoms with Gasteiger partial charge in [-0.05, 0) is 37.8 Å². The molecule has 0 spiro atoms. The smallest absolute Gasteiger partial charge is 0.0606 e. The van der Waals surface area contributed by atoms with Crippen LogP contribution in [0.5, 0.6) is 0 Å². The van der Waals surface area contributed by atoms with Gasteiger partial charge in [-0.3, -0.25) is 4.99 Å². The van der Waals surface area contributed by atoms with Gasteiger partial charge < -0.3 is 0 Å². The molecule has 0 aliphatic carbocycles. The van der Waals surface area contributed by atoms with E-state index in [1.165, 1.54) is 16.9 Å². The maximum Gasteiger partial charge on any atom is 0.0606 e. The minimum absolute atomic E-state index is 0.892. The van der Waals surface area contributed by atoms with Crippen molar-refractivity contribution in [1.82, 2.24) is 0 Å². The highest BCUT2D eigenvalue weighted by Gasteiger charge is 2.05. The maximum atomic E-state index is 4.50. The summed E-state index contributed by atoms with van der Waals surface area (Å²) in [5.74, 6) is 0. The Hall–Kier alpha value is -1.11. The summed E-state index contributed by atoms with van der Waals surface area (Å²) in [6.07, 6.45) is 10.9. The molecule has 0 aromatic rings. The summed E-state index contributed by atoms with van der Waals surface area (Å²) in [5, 5.41) is 0. The third kappa shape index (κ3) is 2.99. The van der Waals surface area contributed by atoms with Crippen LogP contribution in [0.4, 0.5) is 0 Å². The van der Waals surface area contributed by atoms with Crippen LogP contribution in [0.2, 0.25) is 0 Å². The molecular weight excluding hydrogens is 170 g/mol. The molecule has 0 unspecified atom stereocenters. The van der Waals surface area contributed by atoms with Crippen LogP contribution in [0.3, 0.4) is 0 Å². The van der Waals surface area contributed by atoms with E-state index in [-0.39, 0.29) is 0 Å². The fourth-order valence-corrected chi connectivity index (χ4v) is 1.43. The molecule has 0 radical (unpaired) electrons. The van der Waals surface area contributed by atoms with E-state index < -0.39 is 0 Å². The van der Waals surface area contributed by atoms with Crippen molar-refractivity contribution in [3.05, 3.63) is 35.5 Å². The van der Waals surface area contributed by atoms with Crippen LogP contribution in [-0.4, -0.2) is 12.3 Å². The molecule has 0 aromatic carbocycles. The molecule has 1 rings (SSSR count). The van der Waals surface area contributed by atoms with Crippen molar-refractivity contribution in [3.8, 4) is 0 Å². The first-order chi connectivity index (χ1) is 6.77. The number of hydrogen-bond donors (Lipinski definition) is 0. The van der Waals surface area contributed by atoms with Crippen LogP contribution in [-0.2, 0) is 0 Å². The molecule has 14 heavy (non-hydrogen) atoms. The lowest BCUT2D eigenvalue weighted by atomic mass is 10.0. The standard InChI is InChI=1S/C13H19N/c1-4-6-7-8-13-9-12(5-2)10-14-11(13)3/h4,6,8-9H,5,7,10H2,1-3H3/b6-4?,13-8-. The molecular formula is C13H19N. The zero-order valence-corrected chi connectivity index (χ0v) is 9.38. The Balaban J connectivity index is 2.73. The number of rotatable bonds is 3. The first-order valence-electron chi connectivity index (χ1n) is 5.30. The fourth-order valence-electron chi connectivity index (χ4n) is 1.43. The fraction of sp³-hybridized carbons (Fsp3) is 0.462. The molecule has 0 N–H and O–H groups in total. The van der Waals surface area contributed by atoms with Crippen molar-refractivity contribution in [2.75, 3.05) is 6.54 Å². The minimum atomic E-state index is 0.892. The van der Waals surface area contributed by atoms with Gasteiger partial charge >= 0.3 is 0 Å². The Bertz CT molecular complexity index is 303. The SMILES string of the molecule is CC=CC/C=C1/C=C(CC)CN=C1C. The summed E-state index contributed by atoms with van der Waals surface area (Å²) in [6, 6.07) is 0. The van der Waals surface area contributed by atoms with Gasteiger partial charge in [-0.15, -0.1) is 0 Å². The van der Waals surface area contributed by atoms with Crippen molar-refractivity contribution in [2.24, 2.45) is 4.99 Å². The lowest BCUT2D eigenvalue weighted by Crippen LogP contribution is -2.05. The molecule has 0 amide bonds. The van der Waals surface area contributed by atoms with Crippen molar-refractivity contribution < 1.29 is 0 Å². The third-order valence-corrected chi connectivity index (χ3v) is 2.46. The molecule has 76 valence electrons. The van der Waals surface area contributed by atoms with E-state index >= 15 is 0 Å². The van der Waals surface area contributed by atoms with Gasteiger partial charge in [-0.2, -0.15) is 0 Å². The first-order valence-corrected chi connectivity index (χ1v) is 5.30. The van der Waals surface area contributed by atoms with Gasteiger partial charge in [0.05, 0.1) is 6.54 Å². The highest BCUT2D eigenvalue weighted by atomic mass is 14.7. The molecule has 0 fully saturated rings. The van der Waals surface area contributed by atoms with Gasteiger partial charge in [-0.1, -0.05) is 31.2 Å². The van der Waals surface area contributed by atoms with Crippen molar-refractivity contribution in [3.63, 3.8) is 0 Å². The highest BCUT2D eigenvalue weighted by Crippen LogP contribution is 2.15. The van der Waals surface area contributed by atoms with E-state index in [2.05, 4.69) is 43.1 Å². The van der Waals surface area contributed by atoms with Crippen molar-refractivity contribution in [1.29, 1.82) is 0 Å². The Morgan fingerprint density at radius 1 is 1.50 bits per heavy atom. The third-order valence-electron chi connectivity index (χ3n) is 2.46. The molecule has 0 bridgehead atoms. The number of aliphatic imine (C=N–C) groups is 1. The van der Waals surface area contributed by atoms with Crippen molar-refractivity contribution in [2.45, 2.75) is 33.6 Å². The van der Waals surface area contributed by atoms with E-state index in [1.54, 1.807) is 0 Å². The normalized spacial score (nSPS) is 20.1. The Morgan fingerprint density at radius 3 is 2.93 bits per heavy atom. The number of allylic oxidation sites excluding steroid dienone is 5. The summed E-state index contributed by atoms with van der Waals surface area (Å²) in [5.41, 5.74) is 3.90. The molecule has 1 heterocycles. The van der Waals surface area contributed by atoms with E-state index in [0.717, 1.165) is 19.4 Å². The van der Waals surface area contributed by atoms with Crippen molar-refractivity contribution >= 4 is 5.71 Å². The van der Waals surface area contributed by atoms with Crippen LogP contribution in [0, 0.1) is 0 Å². The summed E-state index contributed by atoms with van der Waals surface area (Å²) in [4.78, 5) is 4.50. The van der Waals surface area contributed by atoms with Gasteiger partial charge in [0.15, 0.2) is 0 Å². The Morgan fingerprint density at radius 2 is 2.29 bits per heavy atom. The summed E-state index contributed by atoms with van der Waals surface area (Å²) in [7, 11) is 0. The molecule has 0 aromatic heterocycles. The monoisotopic (exact) mass is 189 g/mol. The maximum absolute atomic E-state index is 4.50. The molecule has 1 aliphatic rings. The molecule has 0 saturated carbocycles. The van der Waals surface area contributed by atoms with Crippen LogP contribution in [0.25, 0.3) is 0 Å². The Kier molecular flexibility index (Phi) is 4.37. The van der Waals surface area contributed by atoms with Gasteiger partial charge in [0.2, 0.25) is 0 Å². The zero-order chi connectivity index (χ0) is 10.4. The average Bonchev–Trinajstić information content (AvgIpc) is 2.21. The molecule has 0 saturated heterocycles. The van der Waals surface area contributed by atoms with Gasteiger partial charge in [0.25, 0.3) is 0 Å². The number of hydrogen-bond acceptors (Lipinski definition) is 1. The van der Waals surface area contributed by atoms with Crippen LogP contribution in [0.15, 0.2) is 40.4 Å². The van der Waals surface area contributed by atoms with Gasteiger partial charge in [0.1, 0.15) is 0 Å². The second-order valence-corrected chi connectivity index (χ2v) is 3.52. The predicted molar refractivity (Wildman–Crippen MR) is 63.9 cm³/mol. The van der Waals surface area contributed by atoms with Crippen LogP contribution in [0.1, 0.15) is 33.6 Å². The van der Waals surface area contributed by atoms with Gasteiger partial charge in [-0.25, -0.2) is 0 Å². The number of nitrogens with zero attached hydrogens (tertiary/aromatic N) is 1. The lowest BCUT2D eigenvalue weighted by molar-refractivity contribution is 0.991. The molecule has 1 aliphatic heterocycles. The second kappa shape index (κ2) is 5.58. The van der Waals surface area contributed by atoms with E-state index in [1.807, 2.05) is 6.92 Å². The first kappa shape index (κ1) is 11.0. The molecule has 0 atom stereocenters.